The van der Waals surface area contributed by atoms with Gasteiger partial charge in [-0.05, 0) is 241 Å². The summed E-state index contributed by atoms with van der Waals surface area (Å²) in [7, 11) is 0. The van der Waals surface area contributed by atoms with Gasteiger partial charge in [0.2, 0.25) is 0 Å². The maximum atomic E-state index is 13.9. The van der Waals surface area contributed by atoms with Crippen molar-refractivity contribution < 1.29 is 103 Å². The van der Waals surface area contributed by atoms with Crippen LogP contribution < -0.4 is 26.6 Å². The molecule has 0 bridgehead atoms. The topological polar surface area (TPSA) is 235 Å². The highest BCUT2D eigenvalue weighted by atomic mass is 19.4. The molecule has 0 atom stereocenters. The summed E-state index contributed by atoms with van der Waals surface area (Å²) in [6, 6.07) is 91.1. The van der Waals surface area contributed by atoms with E-state index in [2.05, 4.69) is 52.1 Å². The zero-order chi connectivity index (χ0) is 107. The van der Waals surface area contributed by atoms with E-state index in [1.165, 1.54) is 121 Å². The Morgan fingerprint density at radius 2 is 0.473 bits per heavy atom. The molecule has 0 saturated carbocycles. The summed E-state index contributed by atoms with van der Waals surface area (Å²) >= 11 is 0. The van der Waals surface area contributed by atoms with E-state index in [0.717, 1.165) is 99.7 Å². The minimum Gasteiger partial charge on any atom is -0.305 e. The van der Waals surface area contributed by atoms with Gasteiger partial charge in [-0.3, -0.25) is 47.4 Å². The Kier molecular flexibility index (Phi) is 31.2. The predicted octanol–water partition coefficient (Wildman–Crippen LogP) is 27.8. The van der Waals surface area contributed by atoms with Gasteiger partial charge < -0.3 is 26.6 Å². The third-order valence-corrected chi connectivity index (χ3v) is 23.5. The van der Waals surface area contributed by atoms with Crippen molar-refractivity contribution in [1.82, 2.24) is 48.9 Å². The molecule has 20 rings (SSSR count). The normalized spacial score (nSPS) is 11.6. The Morgan fingerprint density at radius 3 is 0.747 bits per heavy atom. The van der Waals surface area contributed by atoms with Crippen LogP contribution in [0.4, 0.5) is 108 Å². The van der Waals surface area contributed by atoms with Crippen molar-refractivity contribution in [3.63, 3.8) is 0 Å². The van der Waals surface area contributed by atoms with Crippen molar-refractivity contribution in [3.8, 4) is 0 Å². The Morgan fingerprint density at radius 1 is 0.233 bits per heavy atom. The molecule has 0 aliphatic rings. The lowest BCUT2D eigenvalue weighted by molar-refractivity contribution is -0.138. The molecule has 0 fully saturated rings. The molecule has 150 heavy (non-hydrogen) atoms. The number of hydrogen-bond acceptors (Lipinski definition) is 10. The van der Waals surface area contributed by atoms with E-state index in [1.807, 2.05) is 86.6 Å². The lowest BCUT2D eigenvalue weighted by Gasteiger charge is -2.08. The van der Waals surface area contributed by atoms with Gasteiger partial charge in [0.15, 0.2) is 29.1 Å². The average Bonchev–Trinajstić information content (AvgIpc) is 1.66. The number of carbonyl (C=O) groups excluding carboxylic acids is 5. The van der Waals surface area contributed by atoms with Crippen LogP contribution in [0, 0.1) is 31.3 Å². The molecule has 5 aromatic heterocycles. The van der Waals surface area contributed by atoms with Crippen LogP contribution in [0.5, 0.6) is 0 Å². The van der Waals surface area contributed by atoms with Gasteiger partial charge in [-0.1, -0.05) is 175 Å². The number of nitrogens with one attached hydrogen (secondary N) is 5. The molecule has 0 unspecified atom stereocenters. The first-order valence-electron chi connectivity index (χ1n) is 45.6. The van der Waals surface area contributed by atoms with Crippen LogP contribution in [-0.2, 0) is 63.6 Å². The van der Waals surface area contributed by atoms with Crippen LogP contribution in [-0.4, -0.2) is 78.4 Å². The first-order valence-corrected chi connectivity index (χ1v) is 45.6. The molecule has 5 N–H and O–H groups in total. The van der Waals surface area contributed by atoms with Gasteiger partial charge in [0, 0.05) is 49.2 Å². The van der Waals surface area contributed by atoms with Crippen molar-refractivity contribution in [1.29, 1.82) is 0 Å². The number of fused-ring (bicyclic) bond motifs is 5. The quantitative estimate of drug-likeness (QED) is 0.0453. The van der Waals surface area contributed by atoms with Crippen molar-refractivity contribution in [2.75, 3.05) is 26.6 Å². The number of hydrogen-bond donors (Lipinski definition) is 5. The number of aryl methyl sites for hydroxylation is 2. The maximum Gasteiger partial charge on any atom is 0.416 e. The molecule has 0 spiro atoms. The lowest BCUT2D eigenvalue weighted by Crippen LogP contribution is -2.14. The van der Waals surface area contributed by atoms with Gasteiger partial charge >= 0.3 is 30.9 Å². The fourth-order valence-corrected chi connectivity index (χ4v) is 15.9. The average molecular weight is 2060 g/mol. The minimum atomic E-state index is -4.40. The Bertz CT molecular complexity index is 7880. The largest absolute Gasteiger partial charge is 0.416 e. The maximum absolute atomic E-state index is 13.9. The second-order valence-corrected chi connectivity index (χ2v) is 34.0. The number of aromatic nitrogens is 10. The highest BCUT2D eigenvalue weighted by molar-refractivity contribution is 6.12. The SMILES string of the molecule is Cc1ccc(C(=O)Nc2nn(Cc3ccc(C(F)(F)F)cc3)c3ccccc23)cc1.Cc1ccccc1C(=O)Nc1nn(Cc2ccc(C(F)(F)F)cc2)c2ccccc12.O=C(Nc1nn(Cc2ccc(C(F)(F)F)cc2)c2ccccc12)c1ccc(F)cc1.O=C(Nc1nn(Cc2ccc(C(F)(F)F)cc2)c2ccccc12)c1cccc(F)c1.O=C(Nc1nn(Cc2ccc(C(F)(F)F)cc2)c2ccccc12)c1ccccc1F. The highest BCUT2D eigenvalue weighted by Gasteiger charge is 2.35. The molecule has 5 amide bonds. The number of alkyl halides is 15. The Balaban J connectivity index is 0.000000133. The van der Waals surface area contributed by atoms with Crippen molar-refractivity contribution >= 4 is 113 Å². The van der Waals surface area contributed by atoms with E-state index in [1.54, 1.807) is 127 Å². The molecule has 0 aliphatic heterocycles. The van der Waals surface area contributed by atoms with Crippen molar-refractivity contribution in [2.24, 2.45) is 0 Å². The summed E-state index contributed by atoms with van der Waals surface area (Å²) in [4.78, 5) is 62.7. The Labute approximate surface area is 840 Å². The van der Waals surface area contributed by atoms with E-state index in [0.29, 0.717) is 89.1 Å². The molecule has 20 aromatic rings. The van der Waals surface area contributed by atoms with E-state index in [9.17, 15) is 103 Å². The summed E-state index contributed by atoms with van der Waals surface area (Å²) in [5.41, 5.74) is 6.60. The van der Waals surface area contributed by atoms with Crippen LogP contribution >= 0.6 is 0 Å². The monoisotopic (exact) mass is 2060 g/mol. The fraction of sp³-hybridized carbons (Fsp3) is 0.107. The lowest BCUT2D eigenvalue weighted by atomic mass is 10.1. The van der Waals surface area contributed by atoms with Crippen LogP contribution in [0.3, 0.4) is 0 Å². The second kappa shape index (κ2) is 44.8. The summed E-state index contributed by atoms with van der Waals surface area (Å²) < 4.78 is 240. The number of halogens is 18. The first-order chi connectivity index (χ1) is 71.6. The molecule has 5 heterocycles. The molecule has 38 heteroatoms. The molecular formula is C112H81F18N15O5. The minimum absolute atomic E-state index is 0.112. The van der Waals surface area contributed by atoms with E-state index < -0.39 is 93.9 Å². The number of anilines is 5. The zero-order valence-corrected chi connectivity index (χ0v) is 78.5. The number of amides is 5. The highest BCUT2D eigenvalue weighted by Crippen LogP contribution is 2.38. The fourth-order valence-electron chi connectivity index (χ4n) is 15.9. The summed E-state index contributed by atoms with van der Waals surface area (Å²) in [6.07, 6.45) is -21.9. The third-order valence-electron chi connectivity index (χ3n) is 23.5. The Hall–Kier alpha value is -18.3. The molecule has 0 saturated heterocycles. The van der Waals surface area contributed by atoms with E-state index in [-0.39, 0.29) is 72.9 Å². The van der Waals surface area contributed by atoms with Gasteiger partial charge in [-0.25, -0.2) is 13.2 Å². The van der Waals surface area contributed by atoms with E-state index >= 15 is 0 Å². The van der Waals surface area contributed by atoms with Crippen LogP contribution in [0.1, 0.15) is 119 Å². The van der Waals surface area contributed by atoms with Crippen LogP contribution in [0.15, 0.2) is 364 Å². The molecule has 760 valence electrons. The van der Waals surface area contributed by atoms with Gasteiger partial charge in [0.05, 0.1) is 93.7 Å². The van der Waals surface area contributed by atoms with Crippen LogP contribution in [0.2, 0.25) is 0 Å². The molecule has 20 nitrogen and oxygen atoms in total. The summed E-state index contributed by atoms with van der Waals surface area (Å²) in [5, 5.41) is 39.4. The van der Waals surface area contributed by atoms with Gasteiger partial charge in [0.1, 0.15) is 17.5 Å². The van der Waals surface area contributed by atoms with Gasteiger partial charge in [-0.15, -0.1) is 0 Å². The van der Waals surface area contributed by atoms with Gasteiger partial charge in [0.25, 0.3) is 29.5 Å². The molecule has 15 aromatic carbocycles. The third kappa shape index (κ3) is 25.8. The standard InChI is InChI=1S/2C23H18F3N3O.3C22H15F4N3O/c1-15-6-2-3-7-18(15)22(30)27-21-19-8-4-5-9-20(19)29(28-21)14-16-10-12-17(13-11-16)23(24,25)26;1-15-6-10-17(11-7-15)22(30)27-21-19-4-2-3-5-20(19)29(28-21)14-16-8-12-18(13-9-16)23(24,25)26;23-18-7-3-1-5-16(18)21(30)27-20-17-6-2-4-8-19(17)29(28-20)13-14-9-11-15(12-10-14)22(24,25)26;23-17-5-3-4-15(12-17)21(30)27-20-18-6-1-2-7-19(18)29(28-20)13-14-8-10-16(11-9-14)22(24,25)26;23-17-11-7-15(8-12-17)21(30)27-20-18-3-1-2-4-19(18)29(28-20)13-14-5-9-16(10-6-14)22(24,25)26/h2*2-13H,14H2,1H3,(H,27,28,30);3*1-12H,13H2,(H,27,28,30). The summed E-state index contributed by atoms with van der Waals surface area (Å²) in [6.45, 7) is 5.00. The number of nitrogens with zero attached hydrogens (tertiary/aromatic N) is 10. The number of para-hydroxylation sites is 5. The summed E-state index contributed by atoms with van der Waals surface area (Å²) in [5.74, 6) is -2.12. The number of carbonyl (C=O) groups is 5. The van der Waals surface area contributed by atoms with Crippen molar-refractivity contribution in [3.05, 3.63) is 476 Å². The van der Waals surface area contributed by atoms with E-state index in [4.69, 9.17) is 0 Å². The zero-order valence-electron chi connectivity index (χ0n) is 78.5. The molecule has 0 radical (unpaired) electrons. The molecular weight excluding hydrogens is 1980 g/mol. The predicted molar refractivity (Wildman–Crippen MR) is 533 cm³/mol. The second-order valence-electron chi connectivity index (χ2n) is 34.0. The van der Waals surface area contributed by atoms with Gasteiger partial charge in [-0.2, -0.15) is 91.3 Å². The first kappa shape index (κ1) is 105. The van der Waals surface area contributed by atoms with Crippen molar-refractivity contribution in [2.45, 2.75) is 77.5 Å². The smallest absolute Gasteiger partial charge is 0.305 e. The number of rotatable bonds is 20. The van der Waals surface area contributed by atoms with Crippen LogP contribution in [0.25, 0.3) is 54.5 Å². The molecule has 0 aliphatic carbocycles. The number of benzene rings is 15.